The highest BCUT2D eigenvalue weighted by molar-refractivity contribution is 7.90. The molecule has 0 spiro atoms. The Bertz CT molecular complexity index is 503. The molecular weight excluding hydrogens is 264 g/mol. The van der Waals surface area contributed by atoms with Gasteiger partial charge in [0.25, 0.3) is 0 Å². The first-order valence-electron chi connectivity index (χ1n) is 6.43. The van der Waals surface area contributed by atoms with Gasteiger partial charge >= 0.3 is 5.97 Å². The zero-order valence-corrected chi connectivity index (χ0v) is 11.9. The van der Waals surface area contributed by atoms with Gasteiger partial charge in [-0.2, -0.15) is 0 Å². The lowest BCUT2D eigenvalue weighted by molar-refractivity contribution is -0.136. The third-order valence-electron chi connectivity index (χ3n) is 2.82. The molecule has 0 radical (unpaired) electrons. The zero-order chi connectivity index (χ0) is 14.3. The first-order valence-corrected chi connectivity index (χ1v) is 8.25. The van der Waals surface area contributed by atoms with Gasteiger partial charge in [0, 0.05) is 0 Å². The summed E-state index contributed by atoms with van der Waals surface area (Å²) < 4.78 is 23.7. The molecule has 0 amide bonds. The van der Waals surface area contributed by atoms with Crippen LogP contribution in [0.4, 0.5) is 0 Å². The van der Waals surface area contributed by atoms with Crippen molar-refractivity contribution in [2.45, 2.75) is 38.4 Å². The van der Waals surface area contributed by atoms with E-state index in [2.05, 4.69) is 0 Å². The van der Waals surface area contributed by atoms with Crippen LogP contribution >= 0.6 is 0 Å². The molecule has 0 aliphatic carbocycles. The van der Waals surface area contributed by atoms with Crippen molar-refractivity contribution >= 4 is 15.8 Å². The first kappa shape index (κ1) is 15.7. The number of carbonyl (C=O) groups is 1. The molecular formula is C14H20O4S. The fourth-order valence-corrected chi connectivity index (χ4v) is 3.31. The summed E-state index contributed by atoms with van der Waals surface area (Å²) in [5.41, 5.74) is 1.39. The first-order chi connectivity index (χ1) is 8.93. The molecule has 0 heterocycles. The minimum atomic E-state index is -3.06. The smallest absolute Gasteiger partial charge is 0.307 e. The third-order valence-corrected chi connectivity index (χ3v) is 4.51. The van der Waals surface area contributed by atoms with Crippen molar-refractivity contribution in [1.29, 1.82) is 0 Å². The Morgan fingerprint density at radius 3 is 2.21 bits per heavy atom. The second kappa shape index (κ2) is 7.28. The van der Waals surface area contributed by atoms with Gasteiger partial charge in [-0.1, -0.05) is 44.0 Å². The van der Waals surface area contributed by atoms with Gasteiger partial charge in [0.15, 0.2) is 9.84 Å². The van der Waals surface area contributed by atoms with Gasteiger partial charge in [0.05, 0.1) is 17.9 Å². The van der Waals surface area contributed by atoms with Crippen LogP contribution in [-0.4, -0.2) is 25.2 Å². The highest BCUT2D eigenvalue weighted by atomic mass is 32.2. The van der Waals surface area contributed by atoms with Gasteiger partial charge in [-0.15, -0.1) is 0 Å². The lowest BCUT2D eigenvalue weighted by Gasteiger charge is -2.05. The van der Waals surface area contributed by atoms with E-state index in [-0.39, 0.29) is 17.9 Å². The minimum Gasteiger partial charge on any atom is -0.481 e. The fraction of sp³-hybridized carbons (Fsp3) is 0.500. The summed E-state index contributed by atoms with van der Waals surface area (Å²) in [6, 6.07) is 6.72. The predicted octanol–water partition coefficient (Wildman–Crippen LogP) is 2.42. The average Bonchev–Trinajstić information content (AvgIpc) is 2.31. The third kappa shape index (κ3) is 6.38. The second-order valence-corrected chi connectivity index (χ2v) is 6.87. The molecule has 0 aromatic heterocycles. The Labute approximate surface area is 114 Å². The molecule has 106 valence electrons. The van der Waals surface area contributed by atoms with Crippen LogP contribution < -0.4 is 0 Å². The van der Waals surface area contributed by atoms with Crippen LogP contribution in [0, 0.1) is 0 Å². The maximum atomic E-state index is 11.8. The Kier molecular flexibility index (Phi) is 6.02. The van der Waals surface area contributed by atoms with E-state index < -0.39 is 15.8 Å². The predicted molar refractivity (Wildman–Crippen MR) is 74.8 cm³/mol. The molecule has 0 fully saturated rings. The van der Waals surface area contributed by atoms with Crippen molar-refractivity contribution in [3.63, 3.8) is 0 Å². The van der Waals surface area contributed by atoms with E-state index >= 15 is 0 Å². The van der Waals surface area contributed by atoms with Crippen LogP contribution in [0.3, 0.4) is 0 Å². The van der Waals surface area contributed by atoms with E-state index in [1.54, 1.807) is 24.3 Å². The summed E-state index contributed by atoms with van der Waals surface area (Å²) in [5.74, 6) is -0.637. The van der Waals surface area contributed by atoms with Crippen LogP contribution in [0.5, 0.6) is 0 Å². The molecule has 0 unspecified atom stereocenters. The summed E-state index contributed by atoms with van der Waals surface area (Å²) in [4.78, 5) is 10.5. The summed E-state index contributed by atoms with van der Waals surface area (Å²) in [6.45, 7) is 2.04. The van der Waals surface area contributed by atoms with E-state index in [0.717, 1.165) is 12.8 Å². The largest absolute Gasteiger partial charge is 0.481 e. The normalized spacial score (nSPS) is 11.4. The number of sulfone groups is 1. The van der Waals surface area contributed by atoms with Crippen molar-refractivity contribution in [3.05, 3.63) is 35.4 Å². The van der Waals surface area contributed by atoms with E-state index in [1.807, 2.05) is 6.92 Å². The van der Waals surface area contributed by atoms with E-state index in [4.69, 9.17) is 5.11 Å². The molecule has 1 rings (SSSR count). The Morgan fingerprint density at radius 2 is 1.68 bits per heavy atom. The Hall–Kier alpha value is -1.36. The summed E-state index contributed by atoms with van der Waals surface area (Å²) in [6.07, 6.45) is 2.59. The molecule has 5 heteroatoms. The van der Waals surface area contributed by atoms with Crippen LogP contribution in [0.1, 0.15) is 37.3 Å². The maximum Gasteiger partial charge on any atom is 0.307 e. The monoisotopic (exact) mass is 284 g/mol. The van der Waals surface area contributed by atoms with Gasteiger partial charge in [-0.25, -0.2) is 8.42 Å². The number of benzene rings is 1. The molecule has 0 saturated heterocycles. The van der Waals surface area contributed by atoms with Crippen molar-refractivity contribution < 1.29 is 18.3 Å². The van der Waals surface area contributed by atoms with Crippen molar-refractivity contribution in [2.75, 3.05) is 5.75 Å². The van der Waals surface area contributed by atoms with Crippen LogP contribution in [0.2, 0.25) is 0 Å². The molecule has 19 heavy (non-hydrogen) atoms. The summed E-state index contributed by atoms with van der Waals surface area (Å²) >= 11 is 0. The number of carboxylic acids is 1. The lowest BCUT2D eigenvalue weighted by atomic mass is 10.1. The standard InChI is InChI=1S/C14H20O4S/c1-2-3-4-9-19(17,18)11-13-7-5-12(6-8-13)10-14(15)16/h5-8H,2-4,9-11H2,1H3,(H,15,16). The lowest BCUT2D eigenvalue weighted by Crippen LogP contribution is -2.09. The molecule has 1 aromatic carbocycles. The van der Waals surface area contributed by atoms with Crippen molar-refractivity contribution in [1.82, 2.24) is 0 Å². The molecule has 0 aliphatic heterocycles. The second-order valence-electron chi connectivity index (χ2n) is 4.69. The van der Waals surface area contributed by atoms with Crippen molar-refractivity contribution in [2.24, 2.45) is 0 Å². The SMILES string of the molecule is CCCCCS(=O)(=O)Cc1ccc(CC(=O)O)cc1. The van der Waals surface area contributed by atoms with Gasteiger partial charge < -0.3 is 5.11 Å². The molecule has 1 aromatic rings. The minimum absolute atomic E-state index is 0.0318. The highest BCUT2D eigenvalue weighted by Crippen LogP contribution is 2.11. The Balaban J connectivity index is 2.59. The number of aliphatic carboxylic acids is 1. The zero-order valence-electron chi connectivity index (χ0n) is 11.1. The Morgan fingerprint density at radius 1 is 1.11 bits per heavy atom. The van der Waals surface area contributed by atoms with E-state index in [0.29, 0.717) is 17.5 Å². The summed E-state index contributed by atoms with van der Waals surface area (Å²) in [7, 11) is -3.06. The van der Waals surface area contributed by atoms with E-state index in [1.165, 1.54) is 0 Å². The number of hydrogen-bond donors (Lipinski definition) is 1. The molecule has 0 saturated carbocycles. The van der Waals surface area contributed by atoms with E-state index in [9.17, 15) is 13.2 Å². The van der Waals surface area contributed by atoms with Gasteiger partial charge in [-0.3, -0.25) is 4.79 Å². The molecule has 0 bridgehead atoms. The maximum absolute atomic E-state index is 11.8. The topological polar surface area (TPSA) is 71.4 Å². The van der Waals surface area contributed by atoms with Crippen molar-refractivity contribution in [3.8, 4) is 0 Å². The fourth-order valence-electron chi connectivity index (χ4n) is 1.83. The number of hydrogen-bond acceptors (Lipinski definition) is 3. The molecule has 1 N–H and O–H groups in total. The molecule has 4 nitrogen and oxygen atoms in total. The summed E-state index contributed by atoms with van der Waals surface area (Å²) in [5, 5.41) is 8.65. The number of carboxylic acid groups (broad SMARTS) is 1. The van der Waals surface area contributed by atoms with Crippen LogP contribution in [-0.2, 0) is 26.8 Å². The molecule has 0 aliphatic rings. The number of rotatable bonds is 8. The van der Waals surface area contributed by atoms with Gasteiger partial charge in [0.2, 0.25) is 0 Å². The highest BCUT2D eigenvalue weighted by Gasteiger charge is 2.11. The van der Waals surface area contributed by atoms with Gasteiger partial charge in [-0.05, 0) is 17.5 Å². The quantitative estimate of drug-likeness (QED) is 0.744. The van der Waals surface area contributed by atoms with Gasteiger partial charge in [0.1, 0.15) is 0 Å². The average molecular weight is 284 g/mol. The number of unbranched alkanes of at least 4 members (excludes halogenated alkanes) is 2. The molecule has 0 atom stereocenters. The van der Waals surface area contributed by atoms with Crippen LogP contribution in [0.25, 0.3) is 0 Å². The van der Waals surface area contributed by atoms with Crippen LogP contribution in [0.15, 0.2) is 24.3 Å².